The molecule has 0 aromatic heterocycles. The first-order chi connectivity index (χ1) is 15.4. The molecule has 2 aromatic rings. The number of rotatable bonds is 2. The standard InChI is InChI=1S/C25H29ClN4O2/c1-17-5-7-18(8-6-17)23(31)30-13-11-29(12-14-30)19-15-20-22(21(26)16-19)27-24(32)28-25(20)9-3-2-4-10-25/h5-8,15-16H,2-4,9-14H2,1H3,(H2,27,28,32). The maximum absolute atomic E-state index is 12.9. The fourth-order valence-corrected chi connectivity index (χ4v) is 5.57. The van der Waals surface area contributed by atoms with Crippen LogP contribution >= 0.6 is 11.6 Å². The van der Waals surface area contributed by atoms with E-state index in [0.717, 1.165) is 66.8 Å². The lowest BCUT2D eigenvalue weighted by Gasteiger charge is -2.44. The van der Waals surface area contributed by atoms with E-state index in [-0.39, 0.29) is 17.5 Å². The molecule has 1 saturated carbocycles. The second kappa shape index (κ2) is 8.32. The first kappa shape index (κ1) is 21.1. The van der Waals surface area contributed by atoms with E-state index in [2.05, 4.69) is 21.6 Å². The Morgan fingerprint density at radius 2 is 1.69 bits per heavy atom. The van der Waals surface area contributed by atoms with Gasteiger partial charge in [-0.3, -0.25) is 4.79 Å². The van der Waals surface area contributed by atoms with Crippen LogP contribution in [0.25, 0.3) is 0 Å². The number of fused-ring (bicyclic) bond motifs is 2. The Morgan fingerprint density at radius 1 is 1.00 bits per heavy atom. The molecule has 168 valence electrons. The molecule has 2 N–H and O–H groups in total. The number of amides is 3. The molecule has 2 heterocycles. The van der Waals surface area contributed by atoms with Crippen molar-refractivity contribution in [2.75, 3.05) is 36.4 Å². The Morgan fingerprint density at radius 3 is 2.38 bits per heavy atom. The number of halogens is 1. The largest absolute Gasteiger partial charge is 0.368 e. The number of piperazine rings is 1. The van der Waals surface area contributed by atoms with Gasteiger partial charge < -0.3 is 20.4 Å². The van der Waals surface area contributed by atoms with Crippen LogP contribution in [0.2, 0.25) is 5.02 Å². The Kier molecular flexibility index (Phi) is 5.49. The van der Waals surface area contributed by atoms with Crippen molar-refractivity contribution in [3.8, 4) is 0 Å². The lowest BCUT2D eigenvalue weighted by atomic mass is 9.75. The number of nitrogens with zero attached hydrogens (tertiary/aromatic N) is 2. The number of hydrogen-bond acceptors (Lipinski definition) is 3. The molecule has 5 rings (SSSR count). The highest BCUT2D eigenvalue weighted by Gasteiger charge is 2.41. The van der Waals surface area contributed by atoms with Gasteiger partial charge in [0.1, 0.15) is 0 Å². The molecule has 2 fully saturated rings. The van der Waals surface area contributed by atoms with Crippen LogP contribution in [0.3, 0.4) is 0 Å². The third-order valence-electron chi connectivity index (χ3n) is 7.12. The summed E-state index contributed by atoms with van der Waals surface area (Å²) in [4.78, 5) is 29.4. The van der Waals surface area contributed by atoms with Crippen LogP contribution in [0.1, 0.15) is 53.6 Å². The molecule has 6 nitrogen and oxygen atoms in total. The van der Waals surface area contributed by atoms with Crippen LogP contribution < -0.4 is 15.5 Å². The molecule has 0 atom stereocenters. The van der Waals surface area contributed by atoms with Gasteiger partial charge in [-0.25, -0.2) is 4.79 Å². The van der Waals surface area contributed by atoms with Crippen LogP contribution in [0.4, 0.5) is 16.2 Å². The number of aryl methyl sites for hydroxylation is 1. The van der Waals surface area contributed by atoms with Gasteiger partial charge in [-0.2, -0.15) is 0 Å². The van der Waals surface area contributed by atoms with Gasteiger partial charge in [0.2, 0.25) is 0 Å². The Hall–Kier alpha value is -2.73. The zero-order valence-electron chi connectivity index (χ0n) is 18.4. The Balaban J connectivity index is 1.36. The smallest absolute Gasteiger partial charge is 0.319 e. The quantitative estimate of drug-likeness (QED) is 0.680. The molecular formula is C25H29ClN4O2. The van der Waals surface area contributed by atoms with Crippen molar-refractivity contribution in [3.63, 3.8) is 0 Å². The van der Waals surface area contributed by atoms with E-state index in [9.17, 15) is 9.59 Å². The molecule has 3 amide bonds. The summed E-state index contributed by atoms with van der Waals surface area (Å²) in [7, 11) is 0. The summed E-state index contributed by atoms with van der Waals surface area (Å²) in [5, 5.41) is 6.71. The number of benzene rings is 2. The fourth-order valence-electron chi connectivity index (χ4n) is 5.30. The highest BCUT2D eigenvalue weighted by molar-refractivity contribution is 6.34. The van der Waals surface area contributed by atoms with Crippen LogP contribution in [-0.2, 0) is 5.54 Å². The van der Waals surface area contributed by atoms with E-state index in [4.69, 9.17) is 11.6 Å². The van der Waals surface area contributed by atoms with Crippen LogP contribution in [0.5, 0.6) is 0 Å². The van der Waals surface area contributed by atoms with Crippen LogP contribution in [-0.4, -0.2) is 43.0 Å². The van der Waals surface area contributed by atoms with Gasteiger partial charge in [-0.15, -0.1) is 0 Å². The van der Waals surface area contributed by atoms with Crippen molar-refractivity contribution in [1.29, 1.82) is 0 Å². The lowest BCUT2D eigenvalue weighted by Crippen LogP contribution is -2.53. The van der Waals surface area contributed by atoms with Gasteiger partial charge in [0.05, 0.1) is 16.2 Å². The lowest BCUT2D eigenvalue weighted by molar-refractivity contribution is 0.0747. The van der Waals surface area contributed by atoms with Crippen molar-refractivity contribution >= 4 is 34.9 Å². The second-order valence-electron chi connectivity index (χ2n) is 9.22. The molecule has 32 heavy (non-hydrogen) atoms. The summed E-state index contributed by atoms with van der Waals surface area (Å²) in [6, 6.07) is 11.7. The zero-order chi connectivity index (χ0) is 22.3. The SMILES string of the molecule is Cc1ccc(C(=O)N2CCN(c3cc(Cl)c4c(c3)C3(CCCCC3)NC(=O)N4)CC2)cc1. The van der Waals surface area contributed by atoms with Crippen LogP contribution in [0.15, 0.2) is 36.4 Å². The molecule has 7 heteroatoms. The number of urea groups is 1. The highest BCUT2D eigenvalue weighted by atomic mass is 35.5. The number of hydrogen-bond donors (Lipinski definition) is 2. The predicted molar refractivity (Wildman–Crippen MR) is 128 cm³/mol. The summed E-state index contributed by atoms with van der Waals surface area (Å²) in [6.45, 7) is 4.86. The number of anilines is 2. The Labute approximate surface area is 193 Å². The van der Waals surface area contributed by atoms with Crippen molar-refractivity contribution in [2.24, 2.45) is 0 Å². The summed E-state index contributed by atoms with van der Waals surface area (Å²) < 4.78 is 0. The van der Waals surface area contributed by atoms with Gasteiger partial charge >= 0.3 is 6.03 Å². The monoisotopic (exact) mass is 452 g/mol. The maximum atomic E-state index is 12.9. The second-order valence-corrected chi connectivity index (χ2v) is 9.62. The molecular weight excluding hydrogens is 424 g/mol. The average molecular weight is 453 g/mol. The van der Waals surface area contributed by atoms with Gasteiger partial charge in [-0.1, -0.05) is 48.6 Å². The maximum Gasteiger partial charge on any atom is 0.319 e. The summed E-state index contributed by atoms with van der Waals surface area (Å²) >= 11 is 6.67. The van der Waals surface area contributed by atoms with Crippen molar-refractivity contribution in [1.82, 2.24) is 10.2 Å². The van der Waals surface area contributed by atoms with E-state index < -0.39 is 0 Å². The number of nitrogens with one attached hydrogen (secondary N) is 2. The minimum absolute atomic E-state index is 0.0844. The normalized spacial score (nSPS) is 19.9. The van der Waals surface area contributed by atoms with Gasteiger partial charge in [0.15, 0.2) is 0 Å². The molecule has 2 aliphatic heterocycles. The van der Waals surface area contributed by atoms with Crippen molar-refractivity contribution < 1.29 is 9.59 Å². The van der Waals surface area contributed by atoms with Gasteiger partial charge in [-0.05, 0) is 44.0 Å². The molecule has 0 unspecified atom stereocenters. The summed E-state index contributed by atoms with van der Waals surface area (Å²) in [5.41, 5.74) is 4.45. The molecule has 3 aliphatic rings. The Bertz CT molecular complexity index is 1040. The first-order valence-corrected chi connectivity index (χ1v) is 11.9. The first-order valence-electron chi connectivity index (χ1n) is 11.5. The van der Waals surface area contributed by atoms with E-state index in [1.54, 1.807) is 0 Å². The van der Waals surface area contributed by atoms with E-state index in [1.165, 1.54) is 6.42 Å². The fraction of sp³-hybridized carbons (Fsp3) is 0.440. The molecule has 0 bridgehead atoms. The van der Waals surface area contributed by atoms with Crippen molar-refractivity contribution in [2.45, 2.75) is 44.6 Å². The minimum Gasteiger partial charge on any atom is -0.368 e. The molecule has 1 aliphatic carbocycles. The molecule has 1 saturated heterocycles. The minimum atomic E-state index is -0.335. The van der Waals surface area contributed by atoms with E-state index >= 15 is 0 Å². The van der Waals surface area contributed by atoms with E-state index in [1.807, 2.05) is 42.2 Å². The summed E-state index contributed by atoms with van der Waals surface area (Å²) in [5.74, 6) is 0.0844. The third kappa shape index (κ3) is 3.81. The van der Waals surface area contributed by atoms with E-state index in [0.29, 0.717) is 18.1 Å². The predicted octanol–water partition coefficient (Wildman–Crippen LogP) is 4.91. The third-order valence-corrected chi connectivity index (χ3v) is 7.42. The van der Waals surface area contributed by atoms with Gasteiger partial charge in [0.25, 0.3) is 5.91 Å². The van der Waals surface area contributed by atoms with Gasteiger partial charge in [0, 0.05) is 43.0 Å². The average Bonchev–Trinajstić information content (AvgIpc) is 2.80. The number of carbonyl (C=O) groups excluding carboxylic acids is 2. The molecule has 1 spiro atoms. The molecule has 2 aromatic carbocycles. The van der Waals surface area contributed by atoms with Crippen molar-refractivity contribution in [3.05, 3.63) is 58.1 Å². The number of carbonyl (C=O) groups is 2. The zero-order valence-corrected chi connectivity index (χ0v) is 19.2. The highest BCUT2D eigenvalue weighted by Crippen LogP contribution is 2.46. The molecule has 0 radical (unpaired) electrons. The summed E-state index contributed by atoms with van der Waals surface area (Å²) in [6.07, 6.45) is 5.27. The topological polar surface area (TPSA) is 64.7 Å². The van der Waals surface area contributed by atoms with Crippen LogP contribution in [0, 0.1) is 6.92 Å².